The molecule has 2 N–H and O–H groups in total. The molecule has 0 aliphatic carbocycles. The van der Waals surface area contributed by atoms with Crippen molar-refractivity contribution in [2.24, 2.45) is 0 Å². The van der Waals surface area contributed by atoms with Gasteiger partial charge < -0.3 is 15.0 Å². The van der Waals surface area contributed by atoms with Gasteiger partial charge in [-0.05, 0) is 42.0 Å². The number of amides is 1. The summed E-state index contributed by atoms with van der Waals surface area (Å²) < 4.78 is 42.9. The number of anilines is 1. The maximum absolute atomic E-state index is 12.6. The van der Waals surface area contributed by atoms with Gasteiger partial charge in [-0.15, -0.1) is 0 Å². The van der Waals surface area contributed by atoms with Gasteiger partial charge in [0.15, 0.2) is 0 Å². The summed E-state index contributed by atoms with van der Waals surface area (Å²) in [7, 11) is 1.55. The zero-order valence-electron chi connectivity index (χ0n) is 15.2. The molecule has 9 heteroatoms. The summed E-state index contributed by atoms with van der Waals surface area (Å²) in [4.78, 5) is 31.0. The first-order valence-corrected chi connectivity index (χ1v) is 8.46. The van der Waals surface area contributed by atoms with Crippen molar-refractivity contribution in [2.75, 3.05) is 12.4 Å². The van der Waals surface area contributed by atoms with Gasteiger partial charge in [-0.25, -0.2) is 4.98 Å². The number of alkyl halides is 3. The van der Waals surface area contributed by atoms with Gasteiger partial charge >= 0.3 is 6.18 Å². The largest absolute Gasteiger partial charge is 0.497 e. The molecule has 0 spiro atoms. The number of benzene rings is 2. The average molecular weight is 403 g/mol. The highest BCUT2D eigenvalue weighted by Gasteiger charge is 2.30. The number of hydrogen-bond acceptors (Lipinski definition) is 4. The Balaban J connectivity index is 1.76. The zero-order valence-corrected chi connectivity index (χ0v) is 15.2. The summed E-state index contributed by atoms with van der Waals surface area (Å²) in [6, 6.07) is 12.1. The molecule has 0 fully saturated rings. The van der Waals surface area contributed by atoms with Gasteiger partial charge in [0.1, 0.15) is 17.3 Å². The molecule has 0 unspecified atom stereocenters. The third-order valence-electron chi connectivity index (χ3n) is 4.02. The molecule has 0 saturated carbocycles. The van der Waals surface area contributed by atoms with Crippen LogP contribution in [-0.4, -0.2) is 23.0 Å². The second-order valence-electron chi connectivity index (χ2n) is 6.13. The second-order valence-corrected chi connectivity index (χ2v) is 6.13. The minimum Gasteiger partial charge on any atom is -0.497 e. The van der Waals surface area contributed by atoms with E-state index in [1.54, 1.807) is 31.4 Å². The van der Waals surface area contributed by atoms with Crippen LogP contribution in [0.3, 0.4) is 0 Å². The number of carbonyl (C=O) groups is 1. The smallest absolute Gasteiger partial charge is 0.416 e. The zero-order chi connectivity index (χ0) is 21.0. The molecule has 2 aromatic carbocycles. The number of aromatic amines is 1. The fourth-order valence-electron chi connectivity index (χ4n) is 2.58. The highest BCUT2D eigenvalue weighted by Crippen LogP contribution is 2.29. The van der Waals surface area contributed by atoms with Crippen LogP contribution in [0.2, 0.25) is 0 Å². The number of hydrogen-bond donors (Lipinski definition) is 2. The van der Waals surface area contributed by atoms with E-state index in [9.17, 15) is 22.8 Å². The van der Waals surface area contributed by atoms with Crippen LogP contribution >= 0.6 is 0 Å². The van der Waals surface area contributed by atoms with Crippen LogP contribution < -0.4 is 15.6 Å². The number of carbonyl (C=O) groups excluding carboxylic acids is 1. The van der Waals surface area contributed by atoms with Gasteiger partial charge in [0.05, 0.1) is 12.7 Å². The molecule has 0 saturated heterocycles. The Hall–Kier alpha value is -3.62. The SMILES string of the molecule is COc1ccc(Cc2nc(C(=O)Nc3ccc(C(F)(F)F)cc3)cc(=O)[nH]2)cc1. The van der Waals surface area contributed by atoms with Crippen molar-refractivity contribution in [1.29, 1.82) is 0 Å². The maximum atomic E-state index is 12.6. The van der Waals surface area contributed by atoms with Crippen molar-refractivity contribution >= 4 is 11.6 Å². The Morgan fingerprint density at radius 3 is 2.34 bits per heavy atom. The molecular formula is C20H16F3N3O3. The van der Waals surface area contributed by atoms with Gasteiger partial charge in [-0.2, -0.15) is 13.2 Å². The van der Waals surface area contributed by atoms with Crippen molar-refractivity contribution in [2.45, 2.75) is 12.6 Å². The summed E-state index contributed by atoms with van der Waals surface area (Å²) in [5.74, 6) is 0.256. The van der Waals surface area contributed by atoms with Crippen LogP contribution in [0.1, 0.15) is 27.4 Å². The van der Waals surface area contributed by atoms with Crippen LogP contribution in [0.5, 0.6) is 5.75 Å². The summed E-state index contributed by atoms with van der Waals surface area (Å²) in [5, 5.41) is 2.43. The molecule has 0 aliphatic heterocycles. The average Bonchev–Trinajstić information content (AvgIpc) is 2.68. The summed E-state index contributed by atoms with van der Waals surface area (Å²) in [6.07, 6.45) is -4.19. The molecule has 1 amide bonds. The Morgan fingerprint density at radius 2 is 1.76 bits per heavy atom. The Morgan fingerprint density at radius 1 is 1.10 bits per heavy atom. The molecule has 0 radical (unpaired) electrons. The van der Waals surface area contributed by atoms with Crippen LogP contribution in [0.25, 0.3) is 0 Å². The van der Waals surface area contributed by atoms with Gasteiger partial charge in [0.2, 0.25) is 0 Å². The van der Waals surface area contributed by atoms with Gasteiger partial charge in [-0.1, -0.05) is 12.1 Å². The quantitative estimate of drug-likeness (QED) is 0.681. The Labute approximate surface area is 163 Å². The molecule has 1 aromatic heterocycles. The molecule has 150 valence electrons. The van der Waals surface area contributed by atoms with Crippen LogP contribution in [0, 0.1) is 0 Å². The number of methoxy groups -OCH3 is 1. The lowest BCUT2D eigenvalue weighted by Gasteiger charge is -2.09. The van der Waals surface area contributed by atoms with E-state index in [0.29, 0.717) is 5.75 Å². The fraction of sp³-hybridized carbons (Fsp3) is 0.150. The fourth-order valence-corrected chi connectivity index (χ4v) is 2.58. The normalized spacial score (nSPS) is 11.2. The van der Waals surface area contributed by atoms with Gasteiger partial charge in [0.25, 0.3) is 11.5 Å². The first kappa shape index (κ1) is 20.1. The summed E-state index contributed by atoms with van der Waals surface area (Å²) in [5.41, 5.74) is -0.485. The van der Waals surface area contributed by atoms with Crippen LogP contribution in [0.4, 0.5) is 18.9 Å². The molecule has 0 bridgehead atoms. The molecular weight excluding hydrogens is 387 g/mol. The van der Waals surface area contributed by atoms with E-state index >= 15 is 0 Å². The van der Waals surface area contributed by atoms with Crippen molar-refractivity contribution in [1.82, 2.24) is 9.97 Å². The van der Waals surface area contributed by atoms with E-state index in [1.807, 2.05) is 0 Å². The van der Waals surface area contributed by atoms with E-state index in [0.717, 1.165) is 35.9 Å². The van der Waals surface area contributed by atoms with Gasteiger partial charge in [0, 0.05) is 18.2 Å². The van der Waals surface area contributed by atoms with Gasteiger partial charge in [-0.3, -0.25) is 9.59 Å². The third-order valence-corrected chi connectivity index (χ3v) is 4.02. The summed E-state index contributed by atoms with van der Waals surface area (Å²) >= 11 is 0. The first-order chi connectivity index (χ1) is 13.7. The van der Waals surface area contributed by atoms with Crippen LogP contribution in [0.15, 0.2) is 59.4 Å². The van der Waals surface area contributed by atoms with Crippen molar-refractivity contribution < 1.29 is 22.7 Å². The third kappa shape index (κ3) is 5.22. The number of rotatable bonds is 5. The molecule has 6 nitrogen and oxygen atoms in total. The number of ether oxygens (including phenoxy) is 1. The maximum Gasteiger partial charge on any atom is 0.416 e. The van der Waals surface area contributed by atoms with Crippen molar-refractivity contribution in [3.8, 4) is 5.75 Å². The predicted molar refractivity (Wildman–Crippen MR) is 100 cm³/mol. The minimum absolute atomic E-state index is 0.142. The first-order valence-electron chi connectivity index (χ1n) is 8.46. The topological polar surface area (TPSA) is 84.1 Å². The number of aromatic nitrogens is 2. The Kier molecular flexibility index (Phi) is 5.67. The Bertz CT molecular complexity index is 1060. The van der Waals surface area contributed by atoms with E-state index in [-0.39, 0.29) is 23.6 Å². The van der Waals surface area contributed by atoms with Crippen molar-refractivity contribution in [3.05, 3.63) is 87.6 Å². The molecule has 0 atom stereocenters. The molecule has 3 rings (SSSR count). The lowest BCUT2D eigenvalue weighted by Crippen LogP contribution is -2.20. The number of halogens is 3. The second kappa shape index (κ2) is 8.17. The van der Waals surface area contributed by atoms with Crippen molar-refractivity contribution in [3.63, 3.8) is 0 Å². The molecule has 0 aliphatic rings. The van der Waals surface area contributed by atoms with E-state index in [2.05, 4.69) is 15.3 Å². The monoisotopic (exact) mass is 403 g/mol. The van der Waals surface area contributed by atoms with E-state index in [4.69, 9.17) is 4.74 Å². The lowest BCUT2D eigenvalue weighted by atomic mass is 10.1. The number of nitrogens with one attached hydrogen (secondary N) is 2. The highest BCUT2D eigenvalue weighted by atomic mass is 19.4. The van der Waals surface area contributed by atoms with Crippen LogP contribution in [-0.2, 0) is 12.6 Å². The van der Waals surface area contributed by atoms with E-state index < -0.39 is 23.2 Å². The lowest BCUT2D eigenvalue weighted by molar-refractivity contribution is -0.137. The standard InChI is InChI=1S/C20H16F3N3O3/c1-29-15-8-2-12(3-9-15)10-17-25-16(11-18(27)26-17)19(28)24-14-6-4-13(5-7-14)20(21,22)23/h2-9,11H,10H2,1H3,(H,24,28)(H,25,26,27). The highest BCUT2D eigenvalue weighted by molar-refractivity contribution is 6.02. The molecule has 3 aromatic rings. The molecule has 29 heavy (non-hydrogen) atoms. The number of nitrogens with zero attached hydrogens (tertiary/aromatic N) is 1. The number of H-pyrrole nitrogens is 1. The predicted octanol–water partition coefficient (Wildman–Crippen LogP) is 3.64. The van der Waals surface area contributed by atoms with E-state index in [1.165, 1.54) is 0 Å². The molecule has 1 heterocycles. The minimum atomic E-state index is -4.47. The summed E-state index contributed by atoms with van der Waals surface area (Å²) in [6.45, 7) is 0.